The van der Waals surface area contributed by atoms with E-state index in [0.717, 1.165) is 11.3 Å². The molecule has 0 N–H and O–H groups in total. The lowest BCUT2D eigenvalue weighted by Crippen LogP contribution is -2.57. The lowest BCUT2D eigenvalue weighted by atomic mass is 10.1. The summed E-state index contributed by atoms with van der Waals surface area (Å²) in [5.74, 6) is -0.228. The molecule has 1 atom stereocenters. The Hall–Kier alpha value is -2.33. The van der Waals surface area contributed by atoms with Crippen molar-refractivity contribution in [3.63, 3.8) is 0 Å². The summed E-state index contributed by atoms with van der Waals surface area (Å²) in [5.41, 5.74) is 2.46. The number of benzene rings is 2. The fourth-order valence-electron chi connectivity index (χ4n) is 3.04. The van der Waals surface area contributed by atoms with E-state index >= 15 is 0 Å². The Bertz CT molecular complexity index is 790. The van der Waals surface area contributed by atoms with Crippen LogP contribution in [0.15, 0.2) is 48.5 Å². The van der Waals surface area contributed by atoms with E-state index in [-0.39, 0.29) is 11.8 Å². The van der Waals surface area contributed by atoms with Gasteiger partial charge in [0.25, 0.3) is 5.91 Å². The SMILES string of the molecule is Cc1ccccc1N1CCN(C(=O)c2cccc(Cl)c2)[C@H](C)C1=O. The van der Waals surface area contributed by atoms with Gasteiger partial charge in [-0.3, -0.25) is 9.59 Å². The Balaban J connectivity index is 1.83. The molecule has 0 spiro atoms. The van der Waals surface area contributed by atoms with E-state index in [1.807, 2.05) is 31.2 Å². The summed E-state index contributed by atoms with van der Waals surface area (Å²) in [6, 6.07) is 14.1. The Morgan fingerprint density at radius 2 is 1.88 bits per heavy atom. The van der Waals surface area contributed by atoms with Crippen LogP contribution in [0, 0.1) is 6.92 Å². The van der Waals surface area contributed by atoms with Crippen molar-refractivity contribution < 1.29 is 9.59 Å². The van der Waals surface area contributed by atoms with E-state index in [9.17, 15) is 9.59 Å². The normalized spacial score (nSPS) is 18.0. The topological polar surface area (TPSA) is 40.6 Å². The number of aryl methyl sites for hydroxylation is 1. The number of rotatable bonds is 2. The second-order valence-electron chi connectivity index (χ2n) is 5.96. The summed E-state index contributed by atoms with van der Waals surface area (Å²) in [6.45, 7) is 4.74. The molecule has 4 nitrogen and oxygen atoms in total. The van der Waals surface area contributed by atoms with Gasteiger partial charge in [-0.15, -0.1) is 0 Å². The van der Waals surface area contributed by atoms with Gasteiger partial charge in [0, 0.05) is 29.4 Å². The van der Waals surface area contributed by atoms with Crippen LogP contribution in [0.1, 0.15) is 22.8 Å². The van der Waals surface area contributed by atoms with Crippen molar-refractivity contribution in [2.45, 2.75) is 19.9 Å². The zero-order valence-corrected chi connectivity index (χ0v) is 14.5. The second kappa shape index (κ2) is 6.65. The molecule has 0 saturated carbocycles. The number of hydrogen-bond donors (Lipinski definition) is 0. The predicted octanol–water partition coefficient (Wildman–Crippen LogP) is 3.53. The van der Waals surface area contributed by atoms with Gasteiger partial charge in [-0.25, -0.2) is 0 Å². The summed E-state index contributed by atoms with van der Waals surface area (Å²) in [6.07, 6.45) is 0. The first-order valence-electron chi connectivity index (χ1n) is 7.92. The number of nitrogens with zero attached hydrogens (tertiary/aromatic N) is 2. The summed E-state index contributed by atoms with van der Waals surface area (Å²) in [5, 5.41) is 0.512. The number of halogens is 1. The van der Waals surface area contributed by atoms with E-state index in [1.165, 1.54) is 0 Å². The summed E-state index contributed by atoms with van der Waals surface area (Å²) in [7, 11) is 0. The van der Waals surface area contributed by atoms with Crippen LogP contribution in [0.5, 0.6) is 0 Å². The molecule has 0 bridgehead atoms. The van der Waals surface area contributed by atoms with Crippen LogP contribution in [0.4, 0.5) is 5.69 Å². The predicted molar refractivity (Wildman–Crippen MR) is 95.5 cm³/mol. The van der Waals surface area contributed by atoms with Crippen LogP contribution >= 0.6 is 11.6 Å². The van der Waals surface area contributed by atoms with Crippen LogP contribution in [0.25, 0.3) is 0 Å². The fraction of sp³-hybridized carbons (Fsp3) is 0.263. The van der Waals surface area contributed by atoms with Gasteiger partial charge in [-0.05, 0) is 43.7 Å². The molecule has 1 aliphatic heterocycles. The molecule has 2 amide bonds. The van der Waals surface area contributed by atoms with Crippen LogP contribution in [-0.4, -0.2) is 35.8 Å². The molecule has 1 heterocycles. The molecule has 0 radical (unpaired) electrons. The quantitative estimate of drug-likeness (QED) is 0.837. The highest BCUT2D eigenvalue weighted by Crippen LogP contribution is 2.25. The Kier molecular flexibility index (Phi) is 4.58. The minimum atomic E-state index is -0.509. The first kappa shape index (κ1) is 16.5. The molecule has 2 aromatic rings. The van der Waals surface area contributed by atoms with Gasteiger partial charge in [0.2, 0.25) is 5.91 Å². The van der Waals surface area contributed by atoms with E-state index < -0.39 is 6.04 Å². The average Bonchev–Trinajstić information content (AvgIpc) is 2.57. The molecule has 5 heteroatoms. The highest BCUT2D eigenvalue weighted by Gasteiger charge is 2.35. The van der Waals surface area contributed by atoms with Gasteiger partial charge in [0.05, 0.1) is 0 Å². The van der Waals surface area contributed by atoms with E-state index in [1.54, 1.807) is 41.0 Å². The number of carbonyl (C=O) groups is 2. The Morgan fingerprint density at radius 3 is 2.58 bits per heavy atom. The molecule has 1 aliphatic rings. The first-order chi connectivity index (χ1) is 11.5. The summed E-state index contributed by atoms with van der Waals surface area (Å²) in [4.78, 5) is 28.9. The van der Waals surface area contributed by atoms with Gasteiger partial charge in [-0.2, -0.15) is 0 Å². The third-order valence-corrected chi connectivity index (χ3v) is 4.63. The number of carbonyl (C=O) groups excluding carboxylic acids is 2. The largest absolute Gasteiger partial charge is 0.325 e. The van der Waals surface area contributed by atoms with Crippen LogP contribution < -0.4 is 4.90 Å². The van der Waals surface area contributed by atoms with Crippen molar-refractivity contribution in [2.24, 2.45) is 0 Å². The Morgan fingerprint density at radius 1 is 1.12 bits per heavy atom. The molecule has 2 aromatic carbocycles. The highest BCUT2D eigenvalue weighted by molar-refractivity contribution is 6.31. The molecule has 0 aromatic heterocycles. The molecule has 0 unspecified atom stereocenters. The number of piperazine rings is 1. The minimum absolute atomic E-state index is 0.0640. The fourth-order valence-corrected chi connectivity index (χ4v) is 3.23. The third-order valence-electron chi connectivity index (χ3n) is 4.39. The standard InChI is InChI=1S/C19H19ClN2O2/c1-13-6-3-4-9-17(13)22-11-10-21(14(2)18(22)23)19(24)15-7-5-8-16(20)12-15/h3-9,12,14H,10-11H2,1-2H3/t14-/m1/s1. The van der Waals surface area contributed by atoms with Gasteiger partial charge in [-0.1, -0.05) is 35.9 Å². The maximum Gasteiger partial charge on any atom is 0.254 e. The second-order valence-corrected chi connectivity index (χ2v) is 6.40. The van der Waals surface area contributed by atoms with E-state index in [0.29, 0.717) is 23.7 Å². The summed E-state index contributed by atoms with van der Waals surface area (Å²) >= 11 is 5.97. The lowest BCUT2D eigenvalue weighted by Gasteiger charge is -2.39. The molecule has 0 aliphatic carbocycles. The molecule has 3 rings (SSSR count). The maximum atomic E-state index is 12.8. The van der Waals surface area contributed by atoms with Gasteiger partial charge < -0.3 is 9.80 Å². The molecule has 124 valence electrons. The van der Waals surface area contributed by atoms with Crippen molar-refractivity contribution in [1.29, 1.82) is 0 Å². The lowest BCUT2D eigenvalue weighted by molar-refractivity contribution is -0.124. The van der Waals surface area contributed by atoms with Gasteiger partial charge in [0.15, 0.2) is 0 Å². The number of para-hydroxylation sites is 1. The van der Waals surface area contributed by atoms with Crippen molar-refractivity contribution in [2.75, 3.05) is 18.0 Å². The smallest absolute Gasteiger partial charge is 0.254 e. The van der Waals surface area contributed by atoms with Gasteiger partial charge in [0.1, 0.15) is 6.04 Å². The van der Waals surface area contributed by atoms with Crippen LogP contribution in [-0.2, 0) is 4.79 Å². The van der Waals surface area contributed by atoms with E-state index in [4.69, 9.17) is 11.6 Å². The monoisotopic (exact) mass is 342 g/mol. The zero-order valence-electron chi connectivity index (χ0n) is 13.7. The van der Waals surface area contributed by atoms with Crippen molar-refractivity contribution in [3.8, 4) is 0 Å². The highest BCUT2D eigenvalue weighted by atomic mass is 35.5. The van der Waals surface area contributed by atoms with Crippen molar-refractivity contribution in [3.05, 3.63) is 64.7 Å². The van der Waals surface area contributed by atoms with Crippen LogP contribution in [0.3, 0.4) is 0 Å². The molecule has 24 heavy (non-hydrogen) atoms. The maximum absolute atomic E-state index is 12.8. The van der Waals surface area contributed by atoms with Crippen molar-refractivity contribution in [1.82, 2.24) is 4.90 Å². The summed E-state index contributed by atoms with van der Waals surface area (Å²) < 4.78 is 0. The first-order valence-corrected chi connectivity index (χ1v) is 8.30. The average molecular weight is 343 g/mol. The number of hydrogen-bond acceptors (Lipinski definition) is 2. The number of amides is 2. The molecular weight excluding hydrogens is 324 g/mol. The Labute approximate surface area is 146 Å². The number of anilines is 1. The zero-order chi connectivity index (χ0) is 17.3. The molecular formula is C19H19ClN2O2. The third kappa shape index (κ3) is 3.02. The molecule has 1 saturated heterocycles. The molecule has 1 fully saturated rings. The van der Waals surface area contributed by atoms with Crippen molar-refractivity contribution >= 4 is 29.1 Å². The minimum Gasteiger partial charge on any atom is -0.325 e. The van der Waals surface area contributed by atoms with Gasteiger partial charge >= 0.3 is 0 Å². The van der Waals surface area contributed by atoms with Crippen LogP contribution in [0.2, 0.25) is 5.02 Å². The van der Waals surface area contributed by atoms with E-state index in [2.05, 4.69) is 0 Å².